The second kappa shape index (κ2) is 7.68. The Labute approximate surface area is 163 Å². The van der Waals surface area contributed by atoms with E-state index in [1.54, 1.807) is 11.3 Å². The Bertz CT molecular complexity index is 708. The lowest BCUT2D eigenvalue weighted by atomic mass is 9.73. The number of benzene rings is 1. The van der Waals surface area contributed by atoms with Gasteiger partial charge >= 0.3 is 0 Å². The number of thiophene rings is 1. The van der Waals surface area contributed by atoms with Crippen LogP contribution in [-0.4, -0.2) is 31.1 Å². The summed E-state index contributed by atoms with van der Waals surface area (Å²) in [5.74, 6) is 0.178. The third-order valence-electron chi connectivity index (χ3n) is 4.52. The standard InChI is InChI=1S/C18H19Br2NO2S/c1-21(12-15-6-7-16(20)24-15)17(22)18(8-10-23-11-9-18)13-2-4-14(19)5-3-13/h2-7H,8-12H2,1H3. The third-order valence-corrected chi connectivity index (χ3v) is 6.66. The van der Waals surface area contributed by atoms with E-state index >= 15 is 0 Å². The number of hydrogen-bond acceptors (Lipinski definition) is 3. The lowest BCUT2D eigenvalue weighted by Crippen LogP contribution is -2.48. The number of ether oxygens (including phenoxy) is 1. The van der Waals surface area contributed by atoms with Gasteiger partial charge in [0.05, 0.1) is 15.7 Å². The molecule has 0 atom stereocenters. The van der Waals surface area contributed by atoms with Crippen molar-refractivity contribution in [2.75, 3.05) is 20.3 Å². The Hall–Kier alpha value is -0.690. The number of carbonyl (C=O) groups is 1. The molecule has 0 aliphatic carbocycles. The Morgan fingerprint density at radius 2 is 1.83 bits per heavy atom. The number of amides is 1. The molecule has 3 nitrogen and oxygen atoms in total. The molecule has 24 heavy (non-hydrogen) atoms. The zero-order chi connectivity index (χ0) is 17.2. The summed E-state index contributed by atoms with van der Waals surface area (Å²) < 4.78 is 7.65. The van der Waals surface area contributed by atoms with Crippen molar-refractivity contribution >= 4 is 49.1 Å². The topological polar surface area (TPSA) is 29.5 Å². The summed E-state index contributed by atoms with van der Waals surface area (Å²) in [6, 6.07) is 12.2. The van der Waals surface area contributed by atoms with Gasteiger partial charge in [-0.2, -0.15) is 0 Å². The van der Waals surface area contributed by atoms with Crippen molar-refractivity contribution in [1.82, 2.24) is 4.90 Å². The van der Waals surface area contributed by atoms with Crippen molar-refractivity contribution in [2.45, 2.75) is 24.8 Å². The number of halogens is 2. The van der Waals surface area contributed by atoms with Crippen LogP contribution < -0.4 is 0 Å². The normalized spacial score (nSPS) is 16.8. The highest BCUT2D eigenvalue weighted by Gasteiger charge is 2.43. The SMILES string of the molecule is CN(Cc1ccc(Br)s1)C(=O)C1(c2ccc(Br)cc2)CCOCC1. The van der Waals surface area contributed by atoms with E-state index in [1.807, 2.05) is 30.1 Å². The van der Waals surface area contributed by atoms with Crippen LogP contribution in [-0.2, 0) is 21.5 Å². The Kier molecular flexibility index (Phi) is 5.80. The monoisotopic (exact) mass is 471 g/mol. The van der Waals surface area contributed by atoms with Crippen LogP contribution in [0.1, 0.15) is 23.3 Å². The number of rotatable bonds is 4. The molecule has 1 amide bonds. The van der Waals surface area contributed by atoms with E-state index < -0.39 is 5.41 Å². The molecular formula is C18H19Br2NO2S. The predicted molar refractivity (Wildman–Crippen MR) is 104 cm³/mol. The van der Waals surface area contributed by atoms with Crippen molar-refractivity contribution in [3.63, 3.8) is 0 Å². The number of hydrogen-bond donors (Lipinski definition) is 0. The summed E-state index contributed by atoms with van der Waals surface area (Å²) in [7, 11) is 1.89. The first kappa shape index (κ1) is 18.1. The van der Waals surface area contributed by atoms with Crippen LogP contribution in [0.5, 0.6) is 0 Å². The quantitative estimate of drug-likeness (QED) is 0.627. The van der Waals surface area contributed by atoms with Crippen LogP contribution >= 0.6 is 43.2 Å². The summed E-state index contributed by atoms with van der Waals surface area (Å²) in [4.78, 5) is 16.4. The Balaban J connectivity index is 1.87. The van der Waals surface area contributed by atoms with Crippen molar-refractivity contribution in [3.05, 3.63) is 55.1 Å². The molecule has 128 valence electrons. The van der Waals surface area contributed by atoms with Gasteiger partial charge in [0.25, 0.3) is 0 Å². The molecule has 0 N–H and O–H groups in total. The molecule has 3 rings (SSSR count). The van der Waals surface area contributed by atoms with Gasteiger partial charge in [0, 0.05) is 29.6 Å². The fourth-order valence-electron chi connectivity index (χ4n) is 3.22. The smallest absolute Gasteiger partial charge is 0.233 e. The fourth-order valence-corrected chi connectivity index (χ4v) is 5.02. The molecular weight excluding hydrogens is 454 g/mol. The first-order valence-electron chi connectivity index (χ1n) is 7.85. The summed E-state index contributed by atoms with van der Waals surface area (Å²) >= 11 is 8.63. The first-order chi connectivity index (χ1) is 11.5. The van der Waals surface area contributed by atoms with Crippen LogP contribution in [0.15, 0.2) is 44.7 Å². The second-order valence-corrected chi connectivity index (χ2v) is 9.53. The molecule has 2 heterocycles. The molecule has 1 saturated heterocycles. The molecule has 0 radical (unpaired) electrons. The molecule has 1 fully saturated rings. The van der Waals surface area contributed by atoms with Gasteiger partial charge in [-0.15, -0.1) is 11.3 Å². The zero-order valence-corrected chi connectivity index (χ0v) is 17.4. The van der Waals surface area contributed by atoms with E-state index in [2.05, 4.69) is 50.1 Å². The van der Waals surface area contributed by atoms with Crippen LogP contribution in [0.4, 0.5) is 0 Å². The zero-order valence-electron chi connectivity index (χ0n) is 13.4. The highest BCUT2D eigenvalue weighted by molar-refractivity contribution is 9.11. The molecule has 1 aliphatic rings. The maximum Gasteiger partial charge on any atom is 0.233 e. The molecule has 0 spiro atoms. The minimum Gasteiger partial charge on any atom is -0.381 e. The minimum absolute atomic E-state index is 0.178. The summed E-state index contributed by atoms with van der Waals surface area (Å²) in [5, 5.41) is 0. The molecule has 0 saturated carbocycles. The van der Waals surface area contributed by atoms with Crippen LogP contribution in [0, 0.1) is 0 Å². The van der Waals surface area contributed by atoms with Gasteiger partial charge in [-0.1, -0.05) is 28.1 Å². The van der Waals surface area contributed by atoms with Gasteiger partial charge < -0.3 is 9.64 Å². The summed E-state index contributed by atoms with van der Waals surface area (Å²) in [5.41, 5.74) is 0.598. The van der Waals surface area contributed by atoms with Gasteiger partial charge in [0.1, 0.15) is 0 Å². The lowest BCUT2D eigenvalue weighted by molar-refractivity contribution is -0.140. The Morgan fingerprint density at radius 1 is 1.17 bits per heavy atom. The van der Waals surface area contributed by atoms with Gasteiger partial charge in [0.15, 0.2) is 0 Å². The van der Waals surface area contributed by atoms with E-state index in [1.165, 1.54) is 4.88 Å². The van der Waals surface area contributed by atoms with Gasteiger partial charge in [-0.25, -0.2) is 0 Å². The van der Waals surface area contributed by atoms with Crippen molar-refractivity contribution in [3.8, 4) is 0 Å². The highest BCUT2D eigenvalue weighted by atomic mass is 79.9. The number of nitrogens with zero attached hydrogens (tertiary/aromatic N) is 1. The third kappa shape index (κ3) is 3.77. The van der Waals surface area contributed by atoms with Crippen molar-refractivity contribution < 1.29 is 9.53 Å². The predicted octanol–water partition coefficient (Wildman–Crippen LogP) is 4.98. The largest absolute Gasteiger partial charge is 0.381 e. The molecule has 6 heteroatoms. The minimum atomic E-state index is -0.484. The van der Waals surface area contributed by atoms with Crippen molar-refractivity contribution in [1.29, 1.82) is 0 Å². The van der Waals surface area contributed by atoms with E-state index in [4.69, 9.17) is 4.74 Å². The maximum atomic E-state index is 13.4. The van der Waals surface area contributed by atoms with Crippen LogP contribution in [0.2, 0.25) is 0 Å². The van der Waals surface area contributed by atoms with Gasteiger partial charge in [0.2, 0.25) is 5.91 Å². The summed E-state index contributed by atoms with van der Waals surface area (Å²) in [6.45, 7) is 1.88. The van der Waals surface area contributed by atoms with Crippen LogP contribution in [0.25, 0.3) is 0 Å². The molecule has 0 unspecified atom stereocenters. The fraction of sp³-hybridized carbons (Fsp3) is 0.389. The van der Waals surface area contributed by atoms with Crippen LogP contribution in [0.3, 0.4) is 0 Å². The highest BCUT2D eigenvalue weighted by Crippen LogP contribution is 2.37. The Morgan fingerprint density at radius 3 is 2.42 bits per heavy atom. The molecule has 2 aromatic rings. The van der Waals surface area contributed by atoms with Gasteiger partial charge in [-0.05, 0) is 58.6 Å². The second-order valence-electron chi connectivity index (χ2n) is 6.07. The maximum absolute atomic E-state index is 13.4. The molecule has 1 aromatic heterocycles. The van der Waals surface area contributed by atoms with E-state index in [9.17, 15) is 4.79 Å². The number of carbonyl (C=O) groups excluding carboxylic acids is 1. The average molecular weight is 473 g/mol. The van der Waals surface area contributed by atoms with E-state index in [0.717, 1.165) is 26.7 Å². The molecule has 0 bridgehead atoms. The molecule has 1 aliphatic heterocycles. The van der Waals surface area contributed by atoms with Gasteiger partial charge in [-0.3, -0.25) is 4.79 Å². The number of likely N-dealkylation sites (N-methyl/N-ethyl adjacent to an activating group) is 1. The average Bonchev–Trinajstić information content (AvgIpc) is 3.00. The van der Waals surface area contributed by atoms with E-state index in [0.29, 0.717) is 19.8 Å². The first-order valence-corrected chi connectivity index (χ1v) is 10.2. The van der Waals surface area contributed by atoms with Crippen molar-refractivity contribution in [2.24, 2.45) is 0 Å². The van der Waals surface area contributed by atoms with E-state index in [-0.39, 0.29) is 5.91 Å². The molecule has 1 aromatic carbocycles. The lowest BCUT2D eigenvalue weighted by Gasteiger charge is -2.39. The summed E-state index contributed by atoms with van der Waals surface area (Å²) in [6.07, 6.45) is 1.46.